The third-order valence-corrected chi connectivity index (χ3v) is 8.24. The van der Waals surface area contributed by atoms with Gasteiger partial charge < -0.3 is 14.8 Å². The van der Waals surface area contributed by atoms with Gasteiger partial charge in [0, 0.05) is 11.4 Å². The number of carbonyl (C=O) groups is 1. The zero-order chi connectivity index (χ0) is 27.1. The quantitative estimate of drug-likeness (QED) is 0.347. The lowest BCUT2D eigenvalue weighted by Crippen LogP contribution is -2.37. The lowest BCUT2D eigenvalue weighted by molar-refractivity contribution is -0.121. The van der Waals surface area contributed by atoms with Gasteiger partial charge in [0.15, 0.2) is 11.5 Å². The van der Waals surface area contributed by atoms with E-state index >= 15 is 0 Å². The molecule has 2 heterocycles. The van der Waals surface area contributed by atoms with E-state index in [4.69, 9.17) is 14.5 Å². The minimum atomic E-state index is -0.186. The number of ether oxygens (including phenoxy) is 2. The first kappa shape index (κ1) is 28.1. The summed E-state index contributed by atoms with van der Waals surface area (Å²) in [6.45, 7) is 11.9. The summed E-state index contributed by atoms with van der Waals surface area (Å²) in [6, 6.07) is 5.86. The van der Waals surface area contributed by atoms with E-state index in [2.05, 4.69) is 24.1 Å². The molecule has 1 aliphatic rings. The molecule has 4 rings (SSSR count). The average molecular weight is 541 g/mol. The summed E-state index contributed by atoms with van der Waals surface area (Å²) in [5.41, 5.74) is 2.11. The fraction of sp³-hybridized carbons (Fsp3) is 0.552. The molecule has 1 amide bonds. The minimum Gasteiger partial charge on any atom is -0.490 e. The number of aromatic nitrogens is 2. The van der Waals surface area contributed by atoms with Crippen LogP contribution in [-0.2, 0) is 37.1 Å². The van der Waals surface area contributed by atoms with E-state index in [1.54, 1.807) is 15.9 Å². The van der Waals surface area contributed by atoms with Gasteiger partial charge in [-0.25, -0.2) is 4.98 Å². The number of fused-ring (bicyclic) bond motifs is 3. The van der Waals surface area contributed by atoms with Crippen LogP contribution in [0.15, 0.2) is 23.0 Å². The van der Waals surface area contributed by atoms with E-state index in [-0.39, 0.29) is 18.0 Å². The lowest BCUT2D eigenvalue weighted by Gasteiger charge is -2.20. The van der Waals surface area contributed by atoms with E-state index in [0.29, 0.717) is 44.3 Å². The van der Waals surface area contributed by atoms with Crippen molar-refractivity contribution < 1.29 is 14.3 Å². The molecule has 0 saturated heterocycles. The molecule has 38 heavy (non-hydrogen) atoms. The van der Waals surface area contributed by atoms with Crippen LogP contribution in [0, 0.1) is 0 Å². The van der Waals surface area contributed by atoms with Crippen LogP contribution in [0.25, 0.3) is 10.2 Å². The van der Waals surface area contributed by atoms with Gasteiger partial charge in [-0.1, -0.05) is 19.9 Å². The van der Waals surface area contributed by atoms with Gasteiger partial charge in [0.1, 0.15) is 17.2 Å². The number of thiophene rings is 1. The Morgan fingerprint density at radius 3 is 2.55 bits per heavy atom. The number of aryl methyl sites for hydroxylation is 2. The van der Waals surface area contributed by atoms with Crippen LogP contribution in [-0.4, -0.2) is 53.2 Å². The average Bonchev–Trinajstić information content (AvgIpc) is 3.29. The first-order valence-electron chi connectivity index (χ1n) is 13.9. The van der Waals surface area contributed by atoms with Crippen molar-refractivity contribution in [3.05, 3.63) is 50.4 Å². The summed E-state index contributed by atoms with van der Waals surface area (Å²) < 4.78 is 13.0. The highest BCUT2D eigenvalue weighted by molar-refractivity contribution is 7.18. The van der Waals surface area contributed by atoms with Gasteiger partial charge in [0.05, 0.1) is 25.1 Å². The van der Waals surface area contributed by atoms with Crippen LogP contribution in [0.2, 0.25) is 0 Å². The van der Waals surface area contributed by atoms with E-state index in [9.17, 15) is 9.59 Å². The second-order valence-electron chi connectivity index (χ2n) is 9.52. The van der Waals surface area contributed by atoms with Crippen molar-refractivity contribution >= 4 is 27.5 Å². The van der Waals surface area contributed by atoms with Crippen molar-refractivity contribution in [2.45, 2.75) is 72.9 Å². The summed E-state index contributed by atoms with van der Waals surface area (Å²) in [4.78, 5) is 36.1. The predicted molar refractivity (Wildman–Crippen MR) is 153 cm³/mol. The number of nitrogens with zero attached hydrogens (tertiary/aromatic N) is 3. The number of benzene rings is 1. The smallest absolute Gasteiger partial charge is 0.263 e. The monoisotopic (exact) mass is 540 g/mol. The molecule has 0 aliphatic heterocycles. The molecule has 0 spiro atoms. The normalized spacial score (nSPS) is 13.1. The van der Waals surface area contributed by atoms with E-state index in [1.165, 1.54) is 4.88 Å². The summed E-state index contributed by atoms with van der Waals surface area (Å²) >= 11 is 1.66. The Labute approximate surface area is 229 Å². The molecule has 0 fully saturated rings. The van der Waals surface area contributed by atoms with E-state index in [0.717, 1.165) is 65.9 Å². The number of hydrogen-bond acceptors (Lipinski definition) is 7. The van der Waals surface area contributed by atoms with Crippen LogP contribution in [0.3, 0.4) is 0 Å². The molecule has 0 radical (unpaired) electrons. The van der Waals surface area contributed by atoms with E-state index in [1.807, 2.05) is 32.0 Å². The highest BCUT2D eigenvalue weighted by Crippen LogP contribution is 2.34. The Hall–Kier alpha value is -2.91. The van der Waals surface area contributed by atoms with Crippen LogP contribution in [0.5, 0.6) is 11.5 Å². The van der Waals surface area contributed by atoms with Gasteiger partial charge >= 0.3 is 0 Å². The van der Waals surface area contributed by atoms with Gasteiger partial charge in [-0.05, 0) is 82.3 Å². The maximum absolute atomic E-state index is 13.8. The largest absolute Gasteiger partial charge is 0.490 e. The lowest BCUT2D eigenvalue weighted by atomic mass is 9.97. The SMILES string of the molecule is CCOc1ccc(CCNC(=O)Cn2c(CN(CC)CC)nc3sc4c(c3c2=O)CCCC4)cc1OCC. The molecule has 2 aromatic heterocycles. The van der Waals surface area contributed by atoms with Crippen molar-refractivity contribution in [1.82, 2.24) is 19.8 Å². The summed E-state index contributed by atoms with van der Waals surface area (Å²) in [5.74, 6) is 1.91. The molecule has 0 atom stereocenters. The third-order valence-electron chi connectivity index (χ3n) is 7.06. The van der Waals surface area contributed by atoms with Crippen molar-refractivity contribution in [3.8, 4) is 11.5 Å². The van der Waals surface area contributed by atoms with Crippen molar-refractivity contribution in [3.63, 3.8) is 0 Å². The predicted octanol–water partition coefficient (Wildman–Crippen LogP) is 4.33. The molecule has 206 valence electrons. The maximum atomic E-state index is 13.8. The van der Waals surface area contributed by atoms with Gasteiger partial charge in [0.25, 0.3) is 5.56 Å². The Bertz CT molecular complexity index is 1310. The molecule has 9 heteroatoms. The fourth-order valence-corrected chi connectivity index (χ4v) is 6.28. The maximum Gasteiger partial charge on any atom is 0.263 e. The van der Waals surface area contributed by atoms with Gasteiger partial charge in [0.2, 0.25) is 5.91 Å². The summed E-state index contributed by atoms with van der Waals surface area (Å²) in [7, 11) is 0. The molecule has 1 N–H and O–H groups in total. The zero-order valence-electron chi connectivity index (χ0n) is 23.1. The van der Waals surface area contributed by atoms with Crippen LogP contribution >= 0.6 is 11.3 Å². The third kappa shape index (κ3) is 6.38. The van der Waals surface area contributed by atoms with Crippen LogP contribution in [0.4, 0.5) is 0 Å². The van der Waals surface area contributed by atoms with Crippen LogP contribution in [0.1, 0.15) is 62.4 Å². The molecule has 0 saturated carbocycles. The second kappa shape index (κ2) is 13.2. The Morgan fingerprint density at radius 1 is 1.08 bits per heavy atom. The highest BCUT2D eigenvalue weighted by atomic mass is 32.1. The Balaban J connectivity index is 1.51. The molecular weight excluding hydrogens is 500 g/mol. The molecule has 3 aromatic rings. The van der Waals surface area contributed by atoms with Gasteiger partial charge in [-0.2, -0.15) is 0 Å². The number of hydrogen-bond donors (Lipinski definition) is 1. The fourth-order valence-electron chi connectivity index (χ4n) is 5.01. The molecule has 1 aromatic carbocycles. The van der Waals surface area contributed by atoms with Crippen molar-refractivity contribution in [2.75, 3.05) is 32.8 Å². The highest BCUT2D eigenvalue weighted by Gasteiger charge is 2.23. The van der Waals surface area contributed by atoms with Gasteiger partial charge in [-0.3, -0.25) is 19.1 Å². The second-order valence-corrected chi connectivity index (χ2v) is 10.6. The molecule has 8 nitrogen and oxygen atoms in total. The minimum absolute atomic E-state index is 0.0313. The van der Waals surface area contributed by atoms with Crippen molar-refractivity contribution in [1.29, 1.82) is 0 Å². The molecular formula is C29H40N4O4S. The molecule has 0 bridgehead atoms. The van der Waals surface area contributed by atoms with Gasteiger partial charge in [-0.15, -0.1) is 11.3 Å². The number of rotatable bonds is 13. The Kier molecular flexibility index (Phi) is 9.80. The first-order valence-corrected chi connectivity index (χ1v) is 14.7. The number of carbonyl (C=O) groups excluding carboxylic acids is 1. The number of nitrogens with one attached hydrogen (secondary N) is 1. The Morgan fingerprint density at radius 2 is 1.82 bits per heavy atom. The van der Waals surface area contributed by atoms with Crippen molar-refractivity contribution in [2.24, 2.45) is 0 Å². The van der Waals surface area contributed by atoms with Crippen LogP contribution < -0.4 is 20.3 Å². The summed E-state index contributed by atoms with van der Waals surface area (Å²) in [5, 5.41) is 3.72. The topological polar surface area (TPSA) is 85.7 Å². The standard InChI is InChI=1S/C29H40N4O4S/c1-5-32(6-2)18-25-31-28-27(21-11-9-10-12-24(21)38-28)29(35)33(25)19-26(34)30-16-15-20-13-14-22(36-7-3)23(17-20)37-8-4/h13-14,17H,5-12,15-16,18-19H2,1-4H3,(H,30,34). The number of amides is 1. The molecule has 1 aliphatic carbocycles. The van der Waals surface area contributed by atoms with E-state index < -0.39 is 0 Å². The summed E-state index contributed by atoms with van der Waals surface area (Å²) in [6.07, 6.45) is 4.83. The zero-order valence-corrected chi connectivity index (χ0v) is 23.9. The molecule has 0 unspecified atom stereocenters. The first-order chi connectivity index (χ1) is 18.5.